The molecule has 1 rings (SSSR count). The van der Waals surface area contributed by atoms with Crippen molar-refractivity contribution in [3.05, 3.63) is 29.6 Å². The van der Waals surface area contributed by atoms with E-state index < -0.39 is 5.97 Å². The Balaban J connectivity index is 2.71. The highest BCUT2D eigenvalue weighted by Gasteiger charge is 2.09. The van der Waals surface area contributed by atoms with Crippen LogP contribution >= 0.6 is 0 Å². The molecular formula is C11H15NO2. The predicted molar refractivity (Wildman–Crippen MR) is 54.3 cm³/mol. The quantitative estimate of drug-likeness (QED) is 0.797. The lowest BCUT2D eigenvalue weighted by Crippen LogP contribution is -2.03. The lowest BCUT2D eigenvalue weighted by atomic mass is 9.99. The number of hydrogen-bond acceptors (Lipinski definition) is 2. The number of aryl methyl sites for hydroxylation is 1. The SMILES string of the molecule is CCc1ccc(C(C)CC(=O)O)cn1. The number of carboxylic acid groups (broad SMARTS) is 1. The second-order valence-electron chi connectivity index (χ2n) is 3.44. The van der Waals surface area contributed by atoms with Gasteiger partial charge in [0.1, 0.15) is 0 Å². The van der Waals surface area contributed by atoms with Gasteiger partial charge in [-0.2, -0.15) is 0 Å². The number of nitrogens with zero attached hydrogens (tertiary/aromatic N) is 1. The Morgan fingerprint density at radius 2 is 2.29 bits per heavy atom. The van der Waals surface area contributed by atoms with E-state index in [0.29, 0.717) is 0 Å². The Labute approximate surface area is 83.8 Å². The van der Waals surface area contributed by atoms with Gasteiger partial charge in [-0.05, 0) is 24.0 Å². The smallest absolute Gasteiger partial charge is 0.303 e. The summed E-state index contributed by atoms with van der Waals surface area (Å²) < 4.78 is 0. The molecule has 0 aliphatic carbocycles. The fraction of sp³-hybridized carbons (Fsp3) is 0.455. The van der Waals surface area contributed by atoms with Gasteiger partial charge < -0.3 is 5.11 Å². The Hall–Kier alpha value is -1.38. The Morgan fingerprint density at radius 3 is 2.71 bits per heavy atom. The standard InChI is InChI=1S/C11H15NO2/c1-3-10-5-4-9(7-12-10)8(2)6-11(13)14/h4-5,7-8H,3,6H2,1-2H3,(H,13,14). The van der Waals surface area contributed by atoms with E-state index in [1.165, 1.54) is 0 Å². The number of carboxylic acids is 1. The molecule has 1 N–H and O–H groups in total. The first-order valence-corrected chi connectivity index (χ1v) is 4.80. The molecular weight excluding hydrogens is 178 g/mol. The van der Waals surface area contributed by atoms with Crippen molar-refractivity contribution >= 4 is 5.97 Å². The topological polar surface area (TPSA) is 50.2 Å². The van der Waals surface area contributed by atoms with E-state index in [4.69, 9.17) is 5.11 Å². The van der Waals surface area contributed by atoms with Gasteiger partial charge in [0.05, 0.1) is 6.42 Å². The monoisotopic (exact) mass is 193 g/mol. The van der Waals surface area contributed by atoms with E-state index in [1.54, 1.807) is 6.20 Å². The maximum absolute atomic E-state index is 10.5. The molecule has 0 saturated carbocycles. The minimum atomic E-state index is -0.767. The molecule has 3 nitrogen and oxygen atoms in total. The Morgan fingerprint density at radius 1 is 1.57 bits per heavy atom. The summed E-state index contributed by atoms with van der Waals surface area (Å²) in [6.45, 7) is 3.94. The zero-order valence-corrected chi connectivity index (χ0v) is 8.53. The van der Waals surface area contributed by atoms with E-state index in [0.717, 1.165) is 17.7 Å². The molecule has 1 aromatic rings. The van der Waals surface area contributed by atoms with E-state index in [9.17, 15) is 4.79 Å². The average Bonchev–Trinajstić information content (AvgIpc) is 2.17. The van der Waals surface area contributed by atoms with Gasteiger partial charge in [0, 0.05) is 11.9 Å². The van der Waals surface area contributed by atoms with Crippen molar-refractivity contribution in [3.8, 4) is 0 Å². The molecule has 14 heavy (non-hydrogen) atoms. The number of rotatable bonds is 4. The molecule has 1 aromatic heterocycles. The minimum Gasteiger partial charge on any atom is -0.481 e. The molecule has 0 aromatic carbocycles. The fourth-order valence-corrected chi connectivity index (χ4v) is 1.32. The average molecular weight is 193 g/mol. The van der Waals surface area contributed by atoms with E-state index >= 15 is 0 Å². The van der Waals surface area contributed by atoms with E-state index in [2.05, 4.69) is 4.98 Å². The first-order valence-electron chi connectivity index (χ1n) is 4.80. The molecule has 3 heteroatoms. The summed E-state index contributed by atoms with van der Waals surface area (Å²) in [5.74, 6) is -0.733. The van der Waals surface area contributed by atoms with Crippen molar-refractivity contribution < 1.29 is 9.90 Å². The maximum Gasteiger partial charge on any atom is 0.303 e. The molecule has 0 aliphatic rings. The molecule has 0 fully saturated rings. The summed E-state index contributed by atoms with van der Waals surface area (Å²) in [5, 5.41) is 8.63. The van der Waals surface area contributed by atoms with Gasteiger partial charge in [-0.25, -0.2) is 0 Å². The third-order valence-corrected chi connectivity index (χ3v) is 2.26. The number of pyridine rings is 1. The highest BCUT2D eigenvalue weighted by Crippen LogP contribution is 2.17. The summed E-state index contributed by atoms with van der Waals surface area (Å²) in [6, 6.07) is 3.91. The van der Waals surface area contributed by atoms with Gasteiger partial charge in [0.25, 0.3) is 0 Å². The van der Waals surface area contributed by atoms with Crippen LogP contribution in [0.2, 0.25) is 0 Å². The largest absolute Gasteiger partial charge is 0.481 e. The molecule has 1 atom stereocenters. The van der Waals surface area contributed by atoms with Crippen LogP contribution in [0.1, 0.15) is 37.4 Å². The van der Waals surface area contributed by atoms with Crippen LogP contribution in [0.25, 0.3) is 0 Å². The molecule has 0 aliphatic heterocycles. The summed E-state index contributed by atoms with van der Waals surface area (Å²) in [7, 11) is 0. The second kappa shape index (κ2) is 4.74. The minimum absolute atomic E-state index is 0.0332. The van der Waals surface area contributed by atoms with Crippen molar-refractivity contribution in [1.82, 2.24) is 4.98 Å². The third kappa shape index (κ3) is 2.83. The first-order chi connectivity index (χ1) is 6.63. The van der Waals surface area contributed by atoms with Crippen LogP contribution in [0.15, 0.2) is 18.3 Å². The van der Waals surface area contributed by atoms with Crippen molar-refractivity contribution in [2.24, 2.45) is 0 Å². The van der Waals surface area contributed by atoms with Crippen LogP contribution in [0.5, 0.6) is 0 Å². The van der Waals surface area contributed by atoms with Crippen molar-refractivity contribution in [1.29, 1.82) is 0 Å². The van der Waals surface area contributed by atoms with Crippen LogP contribution in [0.4, 0.5) is 0 Å². The molecule has 1 heterocycles. The third-order valence-electron chi connectivity index (χ3n) is 2.26. The van der Waals surface area contributed by atoms with Crippen LogP contribution in [0, 0.1) is 0 Å². The number of hydrogen-bond donors (Lipinski definition) is 1. The van der Waals surface area contributed by atoms with Crippen LogP contribution in [0.3, 0.4) is 0 Å². The normalized spacial score (nSPS) is 12.4. The number of aliphatic carboxylic acids is 1. The molecule has 0 radical (unpaired) electrons. The van der Waals surface area contributed by atoms with E-state index in [1.807, 2.05) is 26.0 Å². The summed E-state index contributed by atoms with van der Waals surface area (Å²) in [6.07, 6.45) is 2.84. The molecule has 76 valence electrons. The zero-order valence-electron chi connectivity index (χ0n) is 8.53. The molecule has 0 bridgehead atoms. The molecule has 0 saturated heterocycles. The predicted octanol–water partition coefficient (Wildman–Crippen LogP) is 2.22. The lowest BCUT2D eigenvalue weighted by molar-refractivity contribution is -0.137. The van der Waals surface area contributed by atoms with Gasteiger partial charge in [0.2, 0.25) is 0 Å². The highest BCUT2D eigenvalue weighted by molar-refractivity contribution is 5.67. The Kier molecular flexibility index (Phi) is 3.63. The maximum atomic E-state index is 10.5. The van der Waals surface area contributed by atoms with Gasteiger partial charge in [-0.3, -0.25) is 9.78 Å². The highest BCUT2D eigenvalue weighted by atomic mass is 16.4. The van der Waals surface area contributed by atoms with Crippen LogP contribution in [-0.4, -0.2) is 16.1 Å². The van der Waals surface area contributed by atoms with Crippen LogP contribution < -0.4 is 0 Å². The molecule has 0 spiro atoms. The fourth-order valence-electron chi connectivity index (χ4n) is 1.32. The lowest BCUT2D eigenvalue weighted by Gasteiger charge is -2.08. The van der Waals surface area contributed by atoms with Gasteiger partial charge in [0.15, 0.2) is 0 Å². The molecule has 0 amide bonds. The van der Waals surface area contributed by atoms with Gasteiger partial charge >= 0.3 is 5.97 Å². The zero-order chi connectivity index (χ0) is 10.6. The summed E-state index contributed by atoms with van der Waals surface area (Å²) in [4.78, 5) is 14.7. The van der Waals surface area contributed by atoms with Crippen molar-refractivity contribution in [2.45, 2.75) is 32.6 Å². The first kappa shape index (κ1) is 10.7. The van der Waals surface area contributed by atoms with Gasteiger partial charge in [-0.1, -0.05) is 19.9 Å². The van der Waals surface area contributed by atoms with Crippen LogP contribution in [-0.2, 0) is 11.2 Å². The summed E-state index contributed by atoms with van der Waals surface area (Å²) >= 11 is 0. The van der Waals surface area contributed by atoms with Gasteiger partial charge in [-0.15, -0.1) is 0 Å². The van der Waals surface area contributed by atoms with Crippen molar-refractivity contribution in [2.75, 3.05) is 0 Å². The Bertz CT molecular complexity index is 306. The summed E-state index contributed by atoms with van der Waals surface area (Å²) in [5.41, 5.74) is 2.03. The van der Waals surface area contributed by atoms with Crippen molar-refractivity contribution in [3.63, 3.8) is 0 Å². The number of carbonyl (C=O) groups is 1. The number of aromatic nitrogens is 1. The molecule has 1 unspecified atom stereocenters. The van der Waals surface area contributed by atoms with E-state index in [-0.39, 0.29) is 12.3 Å². The second-order valence-corrected chi connectivity index (χ2v) is 3.44.